The van der Waals surface area contributed by atoms with Gasteiger partial charge in [-0.25, -0.2) is 0 Å². The van der Waals surface area contributed by atoms with Crippen molar-refractivity contribution in [3.05, 3.63) is 35.7 Å². The number of benzene rings is 1. The second-order valence-electron chi connectivity index (χ2n) is 8.62. The van der Waals surface area contributed by atoms with Gasteiger partial charge >= 0.3 is 0 Å². The number of aryl methyl sites for hydroxylation is 1. The molecule has 2 aromatic rings. The third kappa shape index (κ3) is 6.85. The van der Waals surface area contributed by atoms with Crippen molar-refractivity contribution in [3.8, 4) is 11.4 Å². The van der Waals surface area contributed by atoms with Crippen molar-refractivity contribution in [1.82, 2.24) is 15.0 Å². The van der Waals surface area contributed by atoms with Gasteiger partial charge in [-0.3, -0.25) is 5.41 Å². The van der Waals surface area contributed by atoms with Gasteiger partial charge in [-0.1, -0.05) is 81.3 Å². The number of nitrogens with zero attached hydrogens (tertiary/aromatic N) is 3. The highest BCUT2D eigenvalue weighted by Gasteiger charge is 2.25. The lowest BCUT2D eigenvalue weighted by atomic mass is 10.0. The highest BCUT2D eigenvalue weighted by Crippen LogP contribution is 2.22. The zero-order valence-electron chi connectivity index (χ0n) is 18.4. The predicted octanol–water partition coefficient (Wildman–Crippen LogP) is 5.18. The Hall–Kier alpha value is -2.37. The molecule has 0 aliphatic carbocycles. The molecule has 0 radical (unpaired) electrons. The molecule has 1 atom stereocenters. The van der Waals surface area contributed by atoms with Gasteiger partial charge in [0.25, 0.3) is 0 Å². The monoisotopic (exact) mass is 411 g/mol. The van der Waals surface area contributed by atoms with E-state index in [-0.39, 0.29) is 5.96 Å². The second kappa shape index (κ2) is 11.7. The minimum atomic E-state index is 0.149. The quantitative estimate of drug-likeness (QED) is 0.285. The van der Waals surface area contributed by atoms with Crippen molar-refractivity contribution < 1.29 is 4.52 Å². The molecule has 0 spiro atoms. The number of unbranched alkanes of at least 4 members (excludes halogenated alkanes) is 7. The summed E-state index contributed by atoms with van der Waals surface area (Å²) in [4.78, 5) is 6.48. The molecule has 6 heteroatoms. The Bertz CT molecular complexity index is 770. The van der Waals surface area contributed by atoms with E-state index in [9.17, 15) is 0 Å². The third-order valence-electron chi connectivity index (χ3n) is 6.09. The summed E-state index contributed by atoms with van der Waals surface area (Å²) in [6.45, 7) is 3.89. The third-order valence-corrected chi connectivity index (χ3v) is 6.09. The Morgan fingerprint density at radius 3 is 2.47 bits per heavy atom. The lowest BCUT2D eigenvalue weighted by Gasteiger charge is -2.14. The molecule has 0 bridgehead atoms. The number of hydrogen-bond acceptors (Lipinski definition) is 4. The topological polar surface area (TPSA) is 92.0 Å². The Morgan fingerprint density at radius 2 is 1.80 bits per heavy atom. The maximum Gasteiger partial charge on any atom is 0.227 e. The summed E-state index contributed by atoms with van der Waals surface area (Å²) in [7, 11) is 0. The zero-order chi connectivity index (χ0) is 21.2. The van der Waals surface area contributed by atoms with Crippen LogP contribution >= 0.6 is 0 Å². The lowest BCUT2D eigenvalue weighted by molar-refractivity contribution is 0.353. The molecular weight excluding hydrogens is 374 g/mol. The van der Waals surface area contributed by atoms with E-state index < -0.39 is 0 Å². The first-order valence-corrected chi connectivity index (χ1v) is 11.7. The van der Waals surface area contributed by atoms with Crippen LogP contribution in [0, 0.1) is 11.3 Å². The second-order valence-corrected chi connectivity index (χ2v) is 8.62. The van der Waals surface area contributed by atoms with E-state index in [0.29, 0.717) is 17.6 Å². The van der Waals surface area contributed by atoms with E-state index in [1.165, 1.54) is 56.9 Å². The summed E-state index contributed by atoms with van der Waals surface area (Å²) < 4.78 is 5.47. The largest absolute Gasteiger partial charge is 0.370 e. The van der Waals surface area contributed by atoms with Crippen molar-refractivity contribution in [1.29, 1.82) is 5.41 Å². The van der Waals surface area contributed by atoms with Crippen LogP contribution in [0.2, 0.25) is 0 Å². The molecule has 164 valence electrons. The van der Waals surface area contributed by atoms with Crippen LogP contribution in [0.5, 0.6) is 0 Å². The first-order valence-electron chi connectivity index (χ1n) is 11.7. The van der Waals surface area contributed by atoms with E-state index in [2.05, 4.69) is 41.3 Å². The van der Waals surface area contributed by atoms with Gasteiger partial charge in [0, 0.05) is 25.1 Å². The van der Waals surface area contributed by atoms with Crippen molar-refractivity contribution in [2.24, 2.45) is 11.7 Å². The first kappa shape index (κ1) is 22.3. The summed E-state index contributed by atoms with van der Waals surface area (Å²) >= 11 is 0. The molecule has 2 heterocycles. The fourth-order valence-corrected chi connectivity index (χ4v) is 4.20. The normalized spacial score (nSPS) is 16.3. The molecule has 6 nitrogen and oxygen atoms in total. The van der Waals surface area contributed by atoms with Crippen molar-refractivity contribution in [2.75, 3.05) is 13.1 Å². The van der Waals surface area contributed by atoms with Gasteiger partial charge in [0.1, 0.15) is 0 Å². The Kier molecular flexibility index (Phi) is 8.72. The van der Waals surface area contributed by atoms with Crippen molar-refractivity contribution in [2.45, 2.75) is 77.6 Å². The fraction of sp³-hybridized carbons (Fsp3) is 0.625. The molecule has 1 aliphatic heterocycles. The molecule has 30 heavy (non-hydrogen) atoms. The predicted molar refractivity (Wildman–Crippen MR) is 121 cm³/mol. The van der Waals surface area contributed by atoms with Crippen LogP contribution in [0.15, 0.2) is 28.8 Å². The summed E-state index contributed by atoms with van der Waals surface area (Å²) in [6.07, 6.45) is 13.7. The number of likely N-dealkylation sites (tertiary alicyclic amines) is 1. The standard InChI is InChI=1S/C24H37N5O/c1-2-3-4-5-6-7-8-9-10-19-11-13-21(14-12-19)23-27-22(30-28-23)17-20-15-16-29(18-20)24(25)26/h11-14,20H,2-10,15-18H2,1H3,(H3,25,26)/t20-/m0/s1. The number of nitrogens with one attached hydrogen (secondary N) is 1. The molecule has 0 unspecified atom stereocenters. The summed E-state index contributed by atoms with van der Waals surface area (Å²) in [6, 6.07) is 8.58. The number of rotatable bonds is 12. The number of guanidine groups is 1. The van der Waals surface area contributed by atoms with Crippen LogP contribution in [-0.4, -0.2) is 34.1 Å². The van der Waals surface area contributed by atoms with E-state index in [0.717, 1.165) is 37.9 Å². The van der Waals surface area contributed by atoms with Gasteiger partial charge in [-0.15, -0.1) is 0 Å². The Labute approximate surface area is 180 Å². The lowest BCUT2D eigenvalue weighted by Crippen LogP contribution is -2.34. The molecular formula is C24H37N5O. The maximum absolute atomic E-state index is 7.54. The molecule has 1 aromatic heterocycles. The van der Waals surface area contributed by atoms with Gasteiger partial charge in [0.2, 0.25) is 11.7 Å². The minimum absolute atomic E-state index is 0.149. The number of nitrogens with two attached hydrogens (primary N) is 1. The minimum Gasteiger partial charge on any atom is -0.370 e. The molecule has 0 saturated carbocycles. The van der Waals surface area contributed by atoms with Crippen LogP contribution in [-0.2, 0) is 12.8 Å². The van der Waals surface area contributed by atoms with Crippen LogP contribution in [0.25, 0.3) is 11.4 Å². The molecule has 1 aliphatic rings. The smallest absolute Gasteiger partial charge is 0.227 e. The number of hydrogen-bond donors (Lipinski definition) is 2. The van der Waals surface area contributed by atoms with E-state index in [4.69, 9.17) is 15.7 Å². The van der Waals surface area contributed by atoms with Crippen LogP contribution in [0.1, 0.15) is 76.2 Å². The van der Waals surface area contributed by atoms with Crippen LogP contribution in [0.3, 0.4) is 0 Å². The molecule has 1 fully saturated rings. The molecule has 1 aromatic carbocycles. The average molecular weight is 412 g/mol. The van der Waals surface area contributed by atoms with Gasteiger partial charge in [0.15, 0.2) is 5.96 Å². The Morgan fingerprint density at radius 1 is 1.10 bits per heavy atom. The number of aromatic nitrogens is 2. The molecule has 1 saturated heterocycles. The van der Waals surface area contributed by atoms with Gasteiger partial charge in [-0.2, -0.15) is 4.98 Å². The summed E-state index contributed by atoms with van der Waals surface area (Å²) in [5.41, 5.74) is 7.95. The van der Waals surface area contributed by atoms with Crippen LogP contribution in [0.4, 0.5) is 0 Å². The highest BCUT2D eigenvalue weighted by atomic mass is 16.5. The van der Waals surface area contributed by atoms with Gasteiger partial charge in [0.05, 0.1) is 0 Å². The average Bonchev–Trinajstić information content (AvgIpc) is 3.41. The highest BCUT2D eigenvalue weighted by molar-refractivity contribution is 5.74. The van der Waals surface area contributed by atoms with E-state index >= 15 is 0 Å². The van der Waals surface area contributed by atoms with Gasteiger partial charge < -0.3 is 15.2 Å². The summed E-state index contributed by atoms with van der Waals surface area (Å²) in [5, 5.41) is 11.7. The van der Waals surface area contributed by atoms with Crippen molar-refractivity contribution >= 4 is 5.96 Å². The maximum atomic E-state index is 7.54. The molecule has 3 rings (SSSR count). The van der Waals surface area contributed by atoms with Gasteiger partial charge in [-0.05, 0) is 30.7 Å². The zero-order valence-corrected chi connectivity index (χ0v) is 18.4. The summed E-state index contributed by atoms with van der Waals surface area (Å²) in [5.74, 6) is 1.89. The first-order chi connectivity index (χ1) is 14.7. The van der Waals surface area contributed by atoms with E-state index in [1.807, 2.05) is 4.90 Å². The molecule has 0 amide bonds. The van der Waals surface area contributed by atoms with Crippen molar-refractivity contribution in [3.63, 3.8) is 0 Å². The van der Waals surface area contributed by atoms with E-state index in [1.54, 1.807) is 0 Å². The fourth-order valence-electron chi connectivity index (χ4n) is 4.20. The Balaban J connectivity index is 1.39. The SMILES string of the molecule is CCCCCCCCCCc1ccc(-c2noc(C[C@@H]3CCN(C(=N)N)C3)n2)cc1. The van der Waals surface area contributed by atoms with Crippen LogP contribution < -0.4 is 5.73 Å². The molecule has 3 N–H and O–H groups in total.